The molecule has 0 amide bonds. The summed E-state index contributed by atoms with van der Waals surface area (Å²) in [6.07, 6.45) is 4.57. The molecule has 0 atom stereocenters. The van der Waals surface area contributed by atoms with Crippen molar-refractivity contribution in [1.29, 1.82) is 0 Å². The second-order valence-electron chi connectivity index (χ2n) is 5.47. The van der Waals surface area contributed by atoms with Crippen LogP contribution in [0.2, 0.25) is 0 Å². The Hall–Kier alpha value is -0.980. The van der Waals surface area contributed by atoms with Crippen molar-refractivity contribution in [1.82, 2.24) is 10.6 Å². The first-order chi connectivity index (χ1) is 9.85. The summed E-state index contributed by atoms with van der Waals surface area (Å²) in [5, 5.41) is 6.74. The summed E-state index contributed by atoms with van der Waals surface area (Å²) in [7, 11) is 0. The van der Waals surface area contributed by atoms with E-state index in [1.54, 1.807) is 0 Å². The number of rotatable bonds is 5. The minimum Gasteiger partial charge on any atom is -0.493 e. The fourth-order valence-electron chi connectivity index (χ4n) is 2.43. The number of ether oxygens (including phenoxy) is 1. The van der Waals surface area contributed by atoms with Gasteiger partial charge in [-0.2, -0.15) is 0 Å². The number of halogens is 1. The van der Waals surface area contributed by atoms with Gasteiger partial charge in [-0.25, -0.2) is 0 Å². The lowest BCUT2D eigenvalue weighted by Gasteiger charge is -2.10. The van der Waals surface area contributed by atoms with Gasteiger partial charge in [0.15, 0.2) is 5.96 Å². The van der Waals surface area contributed by atoms with Gasteiger partial charge in [-0.3, -0.25) is 4.99 Å². The second-order valence-corrected chi connectivity index (χ2v) is 5.47. The average Bonchev–Trinajstić information content (AvgIpc) is 3.14. The van der Waals surface area contributed by atoms with Crippen LogP contribution in [0.5, 0.6) is 5.75 Å². The quantitative estimate of drug-likeness (QED) is 0.453. The fraction of sp³-hybridized carbons (Fsp3) is 0.562. The molecule has 5 heteroatoms. The minimum atomic E-state index is 0. The molecule has 4 nitrogen and oxygen atoms in total. The number of nitrogens with one attached hydrogen (secondary N) is 2. The highest BCUT2D eigenvalue weighted by Crippen LogP contribution is 2.26. The fourth-order valence-corrected chi connectivity index (χ4v) is 2.43. The third kappa shape index (κ3) is 4.76. The van der Waals surface area contributed by atoms with Gasteiger partial charge in [0.2, 0.25) is 0 Å². The van der Waals surface area contributed by atoms with Crippen LogP contribution in [0.1, 0.15) is 30.9 Å². The smallest absolute Gasteiger partial charge is 0.191 e. The molecule has 1 aromatic rings. The molecule has 0 aromatic heterocycles. The van der Waals surface area contributed by atoms with Crippen LogP contribution in [0, 0.1) is 0 Å². The van der Waals surface area contributed by atoms with Crippen LogP contribution in [0.4, 0.5) is 0 Å². The molecule has 0 radical (unpaired) electrons. The molecule has 1 aromatic carbocycles. The summed E-state index contributed by atoms with van der Waals surface area (Å²) in [6.45, 7) is 4.66. The van der Waals surface area contributed by atoms with Gasteiger partial charge in [0.1, 0.15) is 5.75 Å². The Morgan fingerprint density at radius 2 is 2.24 bits per heavy atom. The molecule has 0 unspecified atom stereocenters. The van der Waals surface area contributed by atoms with E-state index in [1.807, 2.05) is 0 Å². The zero-order valence-corrected chi connectivity index (χ0v) is 14.9. The lowest BCUT2D eigenvalue weighted by molar-refractivity contribution is 0.357. The van der Waals surface area contributed by atoms with Crippen molar-refractivity contribution < 1.29 is 4.74 Å². The zero-order valence-electron chi connectivity index (χ0n) is 12.5. The van der Waals surface area contributed by atoms with Gasteiger partial charge >= 0.3 is 0 Å². The van der Waals surface area contributed by atoms with Gasteiger partial charge in [0, 0.05) is 25.6 Å². The predicted octanol–water partition coefficient (Wildman–Crippen LogP) is 2.50. The minimum absolute atomic E-state index is 0. The molecular weight excluding hydrogens is 377 g/mol. The summed E-state index contributed by atoms with van der Waals surface area (Å²) < 4.78 is 5.53. The molecule has 1 aliphatic carbocycles. The monoisotopic (exact) mass is 401 g/mol. The lowest BCUT2D eigenvalue weighted by Crippen LogP contribution is -2.38. The Morgan fingerprint density at radius 1 is 1.38 bits per heavy atom. The third-order valence-electron chi connectivity index (χ3n) is 3.69. The Kier molecular flexibility index (Phi) is 6.14. The summed E-state index contributed by atoms with van der Waals surface area (Å²) >= 11 is 0. The largest absolute Gasteiger partial charge is 0.493 e. The first-order valence-electron chi connectivity index (χ1n) is 7.64. The van der Waals surface area contributed by atoms with Crippen molar-refractivity contribution in [2.24, 2.45) is 4.99 Å². The molecule has 1 fully saturated rings. The summed E-state index contributed by atoms with van der Waals surface area (Å²) in [5.41, 5.74) is 2.69. The van der Waals surface area contributed by atoms with Crippen molar-refractivity contribution in [3.63, 3.8) is 0 Å². The highest BCUT2D eigenvalue weighted by Gasteiger charge is 2.22. The molecule has 0 saturated heterocycles. The molecule has 0 bridgehead atoms. The SMILES string of the molecule is CCNC(=NCCc1ccc2c(c1)CCO2)NC1CC1.I. The van der Waals surface area contributed by atoms with E-state index in [9.17, 15) is 0 Å². The molecular formula is C16H24IN3O. The van der Waals surface area contributed by atoms with E-state index in [0.29, 0.717) is 6.04 Å². The van der Waals surface area contributed by atoms with Gasteiger partial charge in [-0.05, 0) is 43.4 Å². The molecule has 1 aliphatic heterocycles. The number of fused-ring (bicyclic) bond motifs is 1. The number of hydrogen-bond acceptors (Lipinski definition) is 2. The number of guanidine groups is 1. The molecule has 3 rings (SSSR count). The first kappa shape index (κ1) is 16.4. The summed E-state index contributed by atoms with van der Waals surface area (Å²) in [4.78, 5) is 4.65. The van der Waals surface area contributed by atoms with Crippen LogP contribution < -0.4 is 15.4 Å². The van der Waals surface area contributed by atoms with Gasteiger partial charge < -0.3 is 15.4 Å². The maximum absolute atomic E-state index is 5.53. The predicted molar refractivity (Wildman–Crippen MR) is 96.9 cm³/mol. The number of nitrogens with zero attached hydrogens (tertiary/aromatic N) is 1. The van der Waals surface area contributed by atoms with E-state index in [1.165, 1.54) is 24.0 Å². The Morgan fingerprint density at radius 3 is 3.00 bits per heavy atom. The van der Waals surface area contributed by atoms with Gasteiger partial charge in [0.05, 0.1) is 6.61 Å². The van der Waals surface area contributed by atoms with Crippen molar-refractivity contribution in [2.45, 2.75) is 38.6 Å². The Bertz CT molecular complexity index is 500. The van der Waals surface area contributed by atoms with Crippen LogP contribution in [-0.2, 0) is 12.8 Å². The van der Waals surface area contributed by atoms with Crippen LogP contribution in [-0.4, -0.2) is 31.7 Å². The normalized spacial score (nSPS) is 16.7. The van der Waals surface area contributed by atoms with Crippen LogP contribution in [0.3, 0.4) is 0 Å². The zero-order chi connectivity index (χ0) is 13.8. The number of hydrogen-bond donors (Lipinski definition) is 2. The molecule has 2 N–H and O–H groups in total. The van der Waals surface area contributed by atoms with E-state index in [4.69, 9.17) is 4.74 Å². The Labute approximate surface area is 143 Å². The van der Waals surface area contributed by atoms with Crippen molar-refractivity contribution >= 4 is 29.9 Å². The van der Waals surface area contributed by atoms with Crippen LogP contribution in [0.25, 0.3) is 0 Å². The van der Waals surface area contributed by atoms with Gasteiger partial charge in [-0.1, -0.05) is 12.1 Å². The van der Waals surface area contributed by atoms with E-state index in [-0.39, 0.29) is 24.0 Å². The summed E-state index contributed by atoms with van der Waals surface area (Å²) in [5.74, 6) is 2.01. The molecule has 1 saturated carbocycles. The lowest BCUT2D eigenvalue weighted by atomic mass is 10.1. The van der Waals surface area contributed by atoms with Crippen LogP contribution >= 0.6 is 24.0 Å². The van der Waals surface area contributed by atoms with E-state index < -0.39 is 0 Å². The molecule has 116 valence electrons. The van der Waals surface area contributed by atoms with E-state index >= 15 is 0 Å². The van der Waals surface area contributed by atoms with Crippen LogP contribution in [0.15, 0.2) is 23.2 Å². The van der Waals surface area contributed by atoms with Crippen molar-refractivity contribution in [3.05, 3.63) is 29.3 Å². The molecule has 21 heavy (non-hydrogen) atoms. The molecule has 0 spiro atoms. The average molecular weight is 401 g/mol. The van der Waals surface area contributed by atoms with E-state index in [2.05, 4.69) is 40.7 Å². The Balaban J connectivity index is 0.00000161. The maximum Gasteiger partial charge on any atom is 0.191 e. The van der Waals surface area contributed by atoms with Crippen molar-refractivity contribution in [2.75, 3.05) is 19.7 Å². The topological polar surface area (TPSA) is 45.7 Å². The standard InChI is InChI=1S/C16H23N3O.HI/c1-2-17-16(19-14-4-5-14)18-9-7-12-3-6-15-13(11-12)8-10-20-15;/h3,6,11,14H,2,4-5,7-10H2,1H3,(H2,17,18,19);1H. The molecule has 1 heterocycles. The van der Waals surface area contributed by atoms with Gasteiger partial charge in [-0.15, -0.1) is 24.0 Å². The van der Waals surface area contributed by atoms with E-state index in [0.717, 1.165) is 44.2 Å². The maximum atomic E-state index is 5.53. The van der Waals surface area contributed by atoms with Gasteiger partial charge in [0.25, 0.3) is 0 Å². The third-order valence-corrected chi connectivity index (χ3v) is 3.69. The second kappa shape index (κ2) is 7.87. The highest BCUT2D eigenvalue weighted by molar-refractivity contribution is 14.0. The number of benzene rings is 1. The first-order valence-corrected chi connectivity index (χ1v) is 7.64. The highest BCUT2D eigenvalue weighted by atomic mass is 127. The van der Waals surface area contributed by atoms with Crippen molar-refractivity contribution in [3.8, 4) is 5.75 Å². The number of aliphatic imine (C=N–C) groups is 1. The molecule has 2 aliphatic rings. The summed E-state index contributed by atoms with van der Waals surface area (Å²) in [6, 6.07) is 7.15.